The van der Waals surface area contributed by atoms with Gasteiger partial charge in [0.25, 0.3) is 5.56 Å². The summed E-state index contributed by atoms with van der Waals surface area (Å²) in [5, 5.41) is 0.591. The van der Waals surface area contributed by atoms with Gasteiger partial charge >= 0.3 is 0 Å². The van der Waals surface area contributed by atoms with E-state index in [0.29, 0.717) is 23.4 Å². The highest BCUT2D eigenvalue weighted by molar-refractivity contribution is 7.98. The van der Waals surface area contributed by atoms with E-state index in [9.17, 15) is 4.79 Å². The normalized spacial score (nSPS) is 10.9. The second-order valence-corrected chi connectivity index (χ2v) is 6.60. The summed E-state index contributed by atoms with van der Waals surface area (Å²) in [5.41, 5.74) is 2.29. The number of aromatic amines is 1. The predicted octanol–water partition coefficient (Wildman–Crippen LogP) is 3.99. The molecule has 0 spiro atoms. The molecule has 3 aromatic rings. The van der Waals surface area contributed by atoms with Crippen LogP contribution >= 0.6 is 11.8 Å². The number of hydrogen-bond acceptors (Lipinski definition) is 6. The van der Waals surface area contributed by atoms with Crippen LogP contribution in [0.1, 0.15) is 31.0 Å². The average Bonchev–Trinajstić information content (AvgIpc) is 3.01. The molecule has 0 fully saturated rings. The van der Waals surface area contributed by atoms with E-state index >= 15 is 0 Å². The lowest BCUT2D eigenvalue weighted by molar-refractivity contribution is 0.340. The van der Waals surface area contributed by atoms with Gasteiger partial charge in [-0.25, -0.2) is 9.97 Å². The molecule has 7 heteroatoms. The molecule has 0 aliphatic rings. The molecule has 0 aliphatic heterocycles. The Morgan fingerprint density at radius 3 is 2.81 bits per heavy atom. The number of aryl methyl sites for hydroxylation is 2. The maximum Gasteiger partial charge on any atom is 0.251 e. The van der Waals surface area contributed by atoms with E-state index in [4.69, 9.17) is 9.15 Å². The molecule has 0 atom stereocenters. The van der Waals surface area contributed by atoms with E-state index in [2.05, 4.69) is 15.0 Å². The summed E-state index contributed by atoms with van der Waals surface area (Å²) in [7, 11) is 0. The van der Waals surface area contributed by atoms with Crippen LogP contribution in [0, 0.1) is 6.92 Å². The number of hydrogen-bond donors (Lipinski definition) is 1. The Kier molecular flexibility index (Phi) is 5.78. The molecule has 2 aromatic heterocycles. The number of nitrogens with one attached hydrogen (secondary N) is 1. The average molecular weight is 371 g/mol. The van der Waals surface area contributed by atoms with Crippen LogP contribution < -0.4 is 10.3 Å². The zero-order valence-corrected chi connectivity index (χ0v) is 15.9. The molecule has 2 heterocycles. The van der Waals surface area contributed by atoms with Crippen molar-refractivity contribution >= 4 is 11.8 Å². The van der Waals surface area contributed by atoms with Gasteiger partial charge in [-0.2, -0.15) is 0 Å². The number of aromatic nitrogens is 3. The quantitative estimate of drug-likeness (QED) is 0.500. The lowest BCUT2D eigenvalue weighted by Crippen LogP contribution is -2.09. The number of nitrogens with zero attached hydrogens (tertiary/aromatic N) is 2. The van der Waals surface area contributed by atoms with Crippen molar-refractivity contribution in [3.8, 4) is 17.2 Å². The summed E-state index contributed by atoms with van der Waals surface area (Å²) in [5.74, 6) is 2.58. The van der Waals surface area contributed by atoms with Crippen molar-refractivity contribution in [3.05, 3.63) is 57.8 Å². The second kappa shape index (κ2) is 8.23. The van der Waals surface area contributed by atoms with Gasteiger partial charge in [-0.3, -0.25) is 4.79 Å². The lowest BCUT2D eigenvalue weighted by Gasteiger charge is -2.06. The maximum atomic E-state index is 11.7. The molecule has 26 heavy (non-hydrogen) atoms. The van der Waals surface area contributed by atoms with Crippen LogP contribution in [0.25, 0.3) is 11.5 Å². The van der Waals surface area contributed by atoms with Gasteiger partial charge in [0.1, 0.15) is 11.5 Å². The van der Waals surface area contributed by atoms with Crippen molar-refractivity contribution in [1.82, 2.24) is 15.0 Å². The smallest absolute Gasteiger partial charge is 0.251 e. The SMILES string of the molecule is CCOc1ccccc1-c1nc(CSc2nc(CC)cc(=O)[nH]2)c(C)o1. The summed E-state index contributed by atoms with van der Waals surface area (Å²) in [6.07, 6.45) is 0.721. The first kappa shape index (κ1) is 18.3. The van der Waals surface area contributed by atoms with E-state index < -0.39 is 0 Å². The molecule has 0 saturated carbocycles. The van der Waals surface area contributed by atoms with Crippen molar-refractivity contribution in [3.63, 3.8) is 0 Å². The van der Waals surface area contributed by atoms with Gasteiger partial charge in [0, 0.05) is 17.5 Å². The molecule has 0 bridgehead atoms. The van der Waals surface area contributed by atoms with Gasteiger partial charge in [-0.05, 0) is 32.4 Å². The first-order valence-electron chi connectivity index (χ1n) is 8.52. The third kappa shape index (κ3) is 4.16. The van der Waals surface area contributed by atoms with Gasteiger partial charge in [0.15, 0.2) is 5.16 Å². The van der Waals surface area contributed by atoms with E-state index in [0.717, 1.165) is 34.9 Å². The van der Waals surface area contributed by atoms with Gasteiger partial charge in [-0.15, -0.1) is 0 Å². The van der Waals surface area contributed by atoms with E-state index in [1.165, 1.54) is 17.8 Å². The van der Waals surface area contributed by atoms with E-state index in [1.54, 1.807) is 0 Å². The molecule has 136 valence electrons. The Morgan fingerprint density at radius 2 is 2.04 bits per heavy atom. The van der Waals surface area contributed by atoms with Crippen LogP contribution in [-0.4, -0.2) is 21.6 Å². The highest BCUT2D eigenvalue weighted by Gasteiger charge is 2.15. The number of H-pyrrole nitrogens is 1. The fourth-order valence-electron chi connectivity index (χ4n) is 2.47. The Bertz CT molecular complexity index is 949. The summed E-state index contributed by atoms with van der Waals surface area (Å²) >= 11 is 1.43. The molecular weight excluding hydrogens is 350 g/mol. The number of rotatable bonds is 7. The van der Waals surface area contributed by atoms with Crippen LogP contribution in [0.4, 0.5) is 0 Å². The zero-order chi connectivity index (χ0) is 18.5. The molecule has 0 amide bonds. The lowest BCUT2D eigenvalue weighted by atomic mass is 10.2. The van der Waals surface area contributed by atoms with Gasteiger partial charge in [-0.1, -0.05) is 30.8 Å². The topological polar surface area (TPSA) is 81.0 Å². The number of oxazole rings is 1. The van der Waals surface area contributed by atoms with Gasteiger partial charge in [0.05, 0.1) is 17.9 Å². The van der Waals surface area contributed by atoms with Crippen LogP contribution in [0.3, 0.4) is 0 Å². The largest absolute Gasteiger partial charge is 0.493 e. The van der Waals surface area contributed by atoms with Crippen molar-refractivity contribution < 1.29 is 9.15 Å². The standard InChI is InChI=1S/C19H21N3O3S/c1-4-13-10-17(23)22-19(20-13)26-11-15-12(3)25-18(21-15)14-8-6-7-9-16(14)24-5-2/h6-10H,4-5,11H2,1-3H3,(H,20,22,23). The minimum absolute atomic E-state index is 0.137. The predicted molar refractivity (Wildman–Crippen MR) is 102 cm³/mol. The first-order valence-corrected chi connectivity index (χ1v) is 9.50. The van der Waals surface area contributed by atoms with Crippen LogP contribution in [0.5, 0.6) is 5.75 Å². The number of ether oxygens (including phenoxy) is 1. The van der Waals surface area contributed by atoms with Crippen LogP contribution in [0.2, 0.25) is 0 Å². The summed E-state index contributed by atoms with van der Waals surface area (Å²) in [6, 6.07) is 9.20. The molecule has 0 aliphatic carbocycles. The molecule has 6 nitrogen and oxygen atoms in total. The molecule has 3 rings (SSSR count). The summed E-state index contributed by atoms with van der Waals surface area (Å²) in [6.45, 7) is 6.37. The molecular formula is C19H21N3O3S. The molecule has 0 unspecified atom stereocenters. The first-order chi connectivity index (χ1) is 12.6. The monoisotopic (exact) mass is 371 g/mol. The third-order valence-corrected chi connectivity index (χ3v) is 4.68. The van der Waals surface area contributed by atoms with Crippen LogP contribution in [0.15, 0.2) is 44.7 Å². The Morgan fingerprint density at radius 1 is 1.23 bits per heavy atom. The second-order valence-electron chi connectivity index (χ2n) is 5.64. The third-order valence-electron chi connectivity index (χ3n) is 3.79. The number of thioether (sulfide) groups is 1. The maximum absolute atomic E-state index is 11.7. The number of para-hydroxylation sites is 1. The van der Waals surface area contributed by atoms with Crippen molar-refractivity contribution in [2.45, 2.75) is 38.1 Å². The van der Waals surface area contributed by atoms with Gasteiger partial charge < -0.3 is 14.1 Å². The molecule has 0 radical (unpaired) electrons. The minimum Gasteiger partial charge on any atom is -0.493 e. The fourth-order valence-corrected chi connectivity index (χ4v) is 3.37. The Balaban J connectivity index is 1.81. The minimum atomic E-state index is -0.137. The highest BCUT2D eigenvalue weighted by Crippen LogP contribution is 2.32. The zero-order valence-electron chi connectivity index (χ0n) is 15.0. The number of benzene rings is 1. The molecule has 1 N–H and O–H groups in total. The van der Waals surface area contributed by atoms with Crippen molar-refractivity contribution in [1.29, 1.82) is 0 Å². The summed E-state index contributed by atoms with van der Waals surface area (Å²) < 4.78 is 11.5. The highest BCUT2D eigenvalue weighted by atomic mass is 32.2. The van der Waals surface area contributed by atoms with Crippen LogP contribution in [-0.2, 0) is 12.2 Å². The van der Waals surface area contributed by atoms with E-state index in [-0.39, 0.29) is 5.56 Å². The van der Waals surface area contributed by atoms with Crippen molar-refractivity contribution in [2.24, 2.45) is 0 Å². The Hall–Kier alpha value is -2.54. The fraction of sp³-hybridized carbons (Fsp3) is 0.316. The van der Waals surface area contributed by atoms with Crippen molar-refractivity contribution in [2.75, 3.05) is 6.61 Å². The summed E-state index contributed by atoms with van der Waals surface area (Å²) in [4.78, 5) is 23.5. The Labute approximate surface area is 156 Å². The molecule has 0 saturated heterocycles. The molecule has 1 aromatic carbocycles. The van der Waals surface area contributed by atoms with E-state index in [1.807, 2.05) is 45.0 Å². The van der Waals surface area contributed by atoms with Gasteiger partial charge in [0.2, 0.25) is 5.89 Å².